The van der Waals surface area contributed by atoms with Crippen molar-refractivity contribution in [2.45, 2.75) is 13.8 Å². The van der Waals surface area contributed by atoms with Crippen LogP contribution >= 0.6 is 0 Å². The fourth-order valence-electron chi connectivity index (χ4n) is 2.59. The van der Waals surface area contributed by atoms with E-state index in [9.17, 15) is 9.90 Å². The average Bonchev–Trinajstić information content (AvgIpc) is 2.59. The number of nitrogens with one attached hydrogen (secondary N) is 2. The Morgan fingerprint density at radius 1 is 0.840 bits per heavy atom. The van der Waals surface area contributed by atoms with Gasteiger partial charge in [0.25, 0.3) is 0 Å². The maximum atomic E-state index is 12.2. The van der Waals surface area contributed by atoms with Crippen LogP contribution in [0.1, 0.15) is 11.1 Å². The Hall–Kier alpha value is -3.27. The lowest BCUT2D eigenvalue weighted by Gasteiger charge is -2.11. The average molecular weight is 332 g/mol. The topological polar surface area (TPSA) is 61.4 Å². The summed E-state index contributed by atoms with van der Waals surface area (Å²) in [6.07, 6.45) is 0. The Kier molecular flexibility index (Phi) is 4.70. The number of hydrogen-bond acceptors (Lipinski definition) is 2. The largest absolute Gasteiger partial charge is 0.508 e. The van der Waals surface area contributed by atoms with Gasteiger partial charge in [0.2, 0.25) is 0 Å². The van der Waals surface area contributed by atoms with Gasteiger partial charge < -0.3 is 15.7 Å². The number of hydrogen-bond donors (Lipinski definition) is 3. The van der Waals surface area contributed by atoms with Crippen molar-refractivity contribution in [2.75, 3.05) is 10.6 Å². The molecule has 3 N–H and O–H groups in total. The van der Waals surface area contributed by atoms with Crippen LogP contribution in [0.2, 0.25) is 0 Å². The van der Waals surface area contributed by atoms with Gasteiger partial charge in [-0.1, -0.05) is 36.4 Å². The lowest BCUT2D eigenvalue weighted by molar-refractivity contribution is 0.262. The molecule has 0 spiro atoms. The van der Waals surface area contributed by atoms with Gasteiger partial charge in [0.1, 0.15) is 5.75 Å². The molecule has 0 bridgehead atoms. The Balaban J connectivity index is 1.69. The summed E-state index contributed by atoms with van der Waals surface area (Å²) in [5.74, 6) is 0.229. The van der Waals surface area contributed by atoms with E-state index in [2.05, 4.69) is 10.6 Å². The first-order valence-electron chi connectivity index (χ1n) is 8.06. The van der Waals surface area contributed by atoms with Crippen LogP contribution in [0, 0.1) is 13.8 Å². The van der Waals surface area contributed by atoms with E-state index < -0.39 is 0 Å². The van der Waals surface area contributed by atoms with E-state index in [1.807, 2.05) is 62.4 Å². The van der Waals surface area contributed by atoms with Gasteiger partial charge in [-0.3, -0.25) is 0 Å². The van der Waals surface area contributed by atoms with Gasteiger partial charge in [-0.15, -0.1) is 0 Å². The zero-order valence-electron chi connectivity index (χ0n) is 14.2. The van der Waals surface area contributed by atoms with E-state index >= 15 is 0 Å². The highest BCUT2D eigenvalue weighted by Crippen LogP contribution is 2.24. The smallest absolute Gasteiger partial charge is 0.323 e. The normalized spacial score (nSPS) is 10.3. The number of rotatable bonds is 3. The first-order chi connectivity index (χ1) is 12.0. The molecule has 2 amide bonds. The predicted octanol–water partition coefficient (Wildman–Crippen LogP) is 5.32. The summed E-state index contributed by atoms with van der Waals surface area (Å²) in [6.45, 7) is 3.95. The summed E-state index contributed by atoms with van der Waals surface area (Å²) in [5.41, 5.74) is 5.50. The van der Waals surface area contributed by atoms with Crippen LogP contribution in [-0.4, -0.2) is 11.1 Å². The van der Waals surface area contributed by atoms with Crippen molar-refractivity contribution in [1.82, 2.24) is 0 Å². The van der Waals surface area contributed by atoms with Crippen LogP contribution in [0.3, 0.4) is 0 Å². The molecule has 0 heterocycles. The number of carbonyl (C=O) groups excluding carboxylic acids is 1. The molecule has 0 unspecified atom stereocenters. The van der Waals surface area contributed by atoms with Crippen LogP contribution in [-0.2, 0) is 0 Å². The number of carbonyl (C=O) groups is 1. The van der Waals surface area contributed by atoms with Gasteiger partial charge in [-0.25, -0.2) is 4.79 Å². The minimum atomic E-state index is -0.279. The van der Waals surface area contributed by atoms with Crippen molar-refractivity contribution in [2.24, 2.45) is 0 Å². The first kappa shape index (κ1) is 16.6. The summed E-state index contributed by atoms with van der Waals surface area (Å²) >= 11 is 0. The fraction of sp³-hybridized carbons (Fsp3) is 0.0952. The predicted molar refractivity (Wildman–Crippen MR) is 102 cm³/mol. The van der Waals surface area contributed by atoms with E-state index in [1.54, 1.807) is 18.2 Å². The molecule has 126 valence electrons. The number of phenols is 1. The number of benzene rings is 3. The van der Waals surface area contributed by atoms with Gasteiger partial charge >= 0.3 is 6.03 Å². The number of urea groups is 1. The van der Waals surface area contributed by atoms with Gasteiger partial charge in [-0.05, 0) is 66.4 Å². The van der Waals surface area contributed by atoms with Crippen molar-refractivity contribution >= 4 is 17.4 Å². The van der Waals surface area contributed by atoms with Gasteiger partial charge in [0.05, 0.1) is 0 Å². The summed E-state index contributed by atoms with van der Waals surface area (Å²) in [7, 11) is 0. The van der Waals surface area contributed by atoms with E-state index in [4.69, 9.17) is 0 Å². The molecule has 0 saturated carbocycles. The number of anilines is 2. The second-order valence-corrected chi connectivity index (χ2v) is 6.03. The molecular weight excluding hydrogens is 312 g/mol. The van der Waals surface area contributed by atoms with Crippen LogP contribution < -0.4 is 10.6 Å². The Morgan fingerprint density at radius 3 is 2.32 bits per heavy atom. The molecule has 0 aliphatic rings. The molecule has 3 aromatic rings. The third kappa shape index (κ3) is 4.18. The maximum absolute atomic E-state index is 12.2. The van der Waals surface area contributed by atoms with Crippen molar-refractivity contribution in [1.29, 1.82) is 0 Å². The van der Waals surface area contributed by atoms with Crippen molar-refractivity contribution < 1.29 is 9.90 Å². The molecule has 0 aliphatic heterocycles. The first-order valence-corrected chi connectivity index (χ1v) is 8.06. The molecule has 3 aromatic carbocycles. The van der Waals surface area contributed by atoms with E-state index in [1.165, 1.54) is 0 Å². The highest BCUT2D eigenvalue weighted by atomic mass is 16.3. The zero-order valence-corrected chi connectivity index (χ0v) is 14.2. The number of aromatic hydroxyl groups is 1. The Labute approximate surface area is 147 Å². The van der Waals surface area contributed by atoms with Crippen molar-refractivity contribution in [3.8, 4) is 16.9 Å². The van der Waals surface area contributed by atoms with E-state index in [0.29, 0.717) is 5.69 Å². The highest BCUT2D eigenvalue weighted by molar-refractivity contribution is 6.00. The van der Waals surface area contributed by atoms with E-state index in [0.717, 1.165) is 27.9 Å². The Bertz CT molecular complexity index is 902. The monoisotopic (exact) mass is 332 g/mol. The molecule has 0 aliphatic carbocycles. The molecule has 0 fully saturated rings. The van der Waals surface area contributed by atoms with Gasteiger partial charge in [0.15, 0.2) is 0 Å². The standard InChI is InChI=1S/C21H20N2O2/c1-14-6-7-15(2)20(12-14)23-21(25)22-18-10-8-16(9-11-18)17-4-3-5-19(24)13-17/h3-13,24H,1-2H3,(H2,22,23,25). The van der Waals surface area contributed by atoms with Crippen LogP contribution in [0.5, 0.6) is 5.75 Å². The lowest BCUT2D eigenvalue weighted by atomic mass is 10.1. The third-order valence-corrected chi connectivity index (χ3v) is 3.96. The lowest BCUT2D eigenvalue weighted by Crippen LogP contribution is -2.20. The minimum absolute atomic E-state index is 0.229. The highest BCUT2D eigenvalue weighted by Gasteiger charge is 2.06. The molecular formula is C21H20N2O2. The van der Waals surface area contributed by atoms with Gasteiger partial charge in [-0.2, -0.15) is 0 Å². The molecule has 4 nitrogen and oxygen atoms in total. The van der Waals surface area contributed by atoms with Crippen LogP contribution in [0.15, 0.2) is 66.7 Å². The zero-order chi connectivity index (χ0) is 17.8. The van der Waals surface area contributed by atoms with Crippen LogP contribution in [0.25, 0.3) is 11.1 Å². The van der Waals surface area contributed by atoms with Crippen LogP contribution in [0.4, 0.5) is 16.2 Å². The molecule has 0 atom stereocenters. The summed E-state index contributed by atoms with van der Waals surface area (Å²) in [4.78, 5) is 12.2. The molecule has 0 aromatic heterocycles. The van der Waals surface area contributed by atoms with Gasteiger partial charge in [0, 0.05) is 11.4 Å². The molecule has 25 heavy (non-hydrogen) atoms. The summed E-state index contributed by atoms with van der Waals surface area (Å²) in [6, 6.07) is 20.2. The SMILES string of the molecule is Cc1ccc(C)c(NC(=O)Nc2ccc(-c3cccc(O)c3)cc2)c1. The number of amides is 2. The van der Waals surface area contributed by atoms with E-state index in [-0.39, 0.29) is 11.8 Å². The fourth-order valence-corrected chi connectivity index (χ4v) is 2.59. The third-order valence-electron chi connectivity index (χ3n) is 3.96. The Morgan fingerprint density at radius 2 is 1.60 bits per heavy atom. The minimum Gasteiger partial charge on any atom is -0.508 e. The summed E-state index contributed by atoms with van der Waals surface area (Å²) in [5, 5.41) is 15.3. The molecule has 0 radical (unpaired) electrons. The van der Waals surface area contributed by atoms with Crippen molar-refractivity contribution in [3.63, 3.8) is 0 Å². The quantitative estimate of drug-likeness (QED) is 0.608. The molecule has 0 saturated heterocycles. The molecule has 3 rings (SSSR count). The van der Waals surface area contributed by atoms with Crippen molar-refractivity contribution in [3.05, 3.63) is 77.9 Å². The summed E-state index contributed by atoms with van der Waals surface area (Å²) < 4.78 is 0. The number of aryl methyl sites for hydroxylation is 2. The second kappa shape index (κ2) is 7.09. The number of phenolic OH excluding ortho intramolecular Hbond substituents is 1. The molecule has 4 heteroatoms. The maximum Gasteiger partial charge on any atom is 0.323 e. The second-order valence-electron chi connectivity index (χ2n) is 6.03.